The summed E-state index contributed by atoms with van der Waals surface area (Å²) in [7, 11) is 0. The average Bonchev–Trinajstić information content (AvgIpc) is 2.71. The number of nitrogens with zero attached hydrogens (tertiary/aromatic N) is 2. The Hall–Kier alpha value is -1.77. The number of aryl methyl sites for hydroxylation is 3. The maximum atomic E-state index is 5.93. The number of hydrogen-bond donors (Lipinski definition) is 1. The molecule has 2 aromatic rings. The molecular weight excluding hydrogens is 210 g/mol. The summed E-state index contributed by atoms with van der Waals surface area (Å²) in [6, 6.07) is 6.22. The minimum atomic E-state index is 0.872. The molecule has 1 aromatic carbocycles. The Morgan fingerprint density at radius 1 is 1.29 bits per heavy atom. The zero-order valence-electron chi connectivity index (χ0n) is 10.7. The van der Waals surface area contributed by atoms with Gasteiger partial charge in [0, 0.05) is 24.0 Å². The van der Waals surface area contributed by atoms with E-state index in [9.17, 15) is 0 Å². The van der Waals surface area contributed by atoms with E-state index in [1.807, 2.05) is 17.7 Å². The summed E-state index contributed by atoms with van der Waals surface area (Å²) in [4.78, 5) is 0. The summed E-state index contributed by atoms with van der Waals surface area (Å²) in [6.07, 6.45) is 3.06. The molecular formula is C14H19N3. The van der Waals surface area contributed by atoms with Gasteiger partial charge < -0.3 is 5.73 Å². The van der Waals surface area contributed by atoms with E-state index in [2.05, 4.69) is 37.3 Å². The molecule has 0 aliphatic rings. The zero-order chi connectivity index (χ0) is 12.4. The first-order chi connectivity index (χ1) is 8.15. The fourth-order valence-electron chi connectivity index (χ4n) is 2.04. The van der Waals surface area contributed by atoms with Gasteiger partial charge in [-0.3, -0.25) is 4.68 Å². The van der Waals surface area contributed by atoms with Crippen LogP contribution in [0.2, 0.25) is 0 Å². The van der Waals surface area contributed by atoms with E-state index < -0.39 is 0 Å². The van der Waals surface area contributed by atoms with Gasteiger partial charge >= 0.3 is 0 Å². The van der Waals surface area contributed by atoms with Crippen LogP contribution in [0.4, 0.5) is 5.69 Å². The van der Waals surface area contributed by atoms with Crippen molar-refractivity contribution in [1.29, 1.82) is 0 Å². The fraction of sp³-hybridized carbons (Fsp3) is 0.357. The third-order valence-electron chi connectivity index (χ3n) is 3.11. The molecule has 0 atom stereocenters. The largest absolute Gasteiger partial charge is 0.399 e. The second-order valence-corrected chi connectivity index (χ2v) is 4.25. The molecule has 0 saturated carbocycles. The topological polar surface area (TPSA) is 43.8 Å². The average molecular weight is 229 g/mol. The van der Waals surface area contributed by atoms with Crippen LogP contribution in [0.15, 0.2) is 24.4 Å². The molecule has 0 radical (unpaired) electrons. The molecule has 0 unspecified atom stereocenters. The molecule has 2 N–H and O–H groups in total. The Labute approximate surface area is 102 Å². The van der Waals surface area contributed by atoms with E-state index in [0.29, 0.717) is 0 Å². The van der Waals surface area contributed by atoms with E-state index in [-0.39, 0.29) is 0 Å². The lowest BCUT2D eigenvalue weighted by molar-refractivity contribution is 0.653. The van der Waals surface area contributed by atoms with Crippen molar-refractivity contribution in [3.05, 3.63) is 35.7 Å². The monoisotopic (exact) mass is 229 g/mol. The smallest absolute Gasteiger partial charge is 0.0672 e. The third-order valence-corrected chi connectivity index (χ3v) is 3.11. The number of aromatic nitrogens is 2. The highest BCUT2D eigenvalue weighted by molar-refractivity contribution is 5.69. The van der Waals surface area contributed by atoms with Gasteiger partial charge in [-0.2, -0.15) is 5.10 Å². The van der Waals surface area contributed by atoms with Crippen LogP contribution in [-0.2, 0) is 13.0 Å². The lowest BCUT2D eigenvalue weighted by atomic mass is 10.0. The lowest BCUT2D eigenvalue weighted by Crippen LogP contribution is -1.93. The van der Waals surface area contributed by atoms with Crippen LogP contribution in [0.1, 0.15) is 25.1 Å². The number of benzene rings is 1. The number of anilines is 1. The molecule has 0 saturated heterocycles. The molecule has 0 bridgehead atoms. The highest BCUT2D eigenvalue weighted by atomic mass is 15.3. The van der Waals surface area contributed by atoms with E-state index in [0.717, 1.165) is 24.3 Å². The molecule has 0 aliphatic heterocycles. The number of hydrogen-bond acceptors (Lipinski definition) is 2. The van der Waals surface area contributed by atoms with Crippen LogP contribution in [0.3, 0.4) is 0 Å². The highest BCUT2D eigenvalue weighted by Gasteiger charge is 2.08. The minimum absolute atomic E-state index is 0.872. The Kier molecular flexibility index (Phi) is 3.18. The van der Waals surface area contributed by atoms with Gasteiger partial charge in [-0.15, -0.1) is 0 Å². The van der Waals surface area contributed by atoms with Crippen LogP contribution in [-0.4, -0.2) is 9.78 Å². The van der Waals surface area contributed by atoms with E-state index in [4.69, 9.17) is 5.73 Å². The maximum absolute atomic E-state index is 5.93. The van der Waals surface area contributed by atoms with Crippen molar-refractivity contribution >= 4 is 5.69 Å². The first-order valence-electron chi connectivity index (χ1n) is 6.08. The standard InChI is InChI=1S/C14H19N3/c1-4-11-8-12(6-7-14(11)15)13-9-17(5-2)16-10(13)3/h6-9H,4-5,15H2,1-3H3. The van der Waals surface area contributed by atoms with Gasteiger partial charge in [-0.25, -0.2) is 0 Å². The lowest BCUT2D eigenvalue weighted by Gasteiger charge is -2.06. The normalized spacial score (nSPS) is 10.8. The number of nitrogen functional groups attached to an aromatic ring is 1. The van der Waals surface area contributed by atoms with Crippen molar-refractivity contribution in [1.82, 2.24) is 9.78 Å². The SMILES string of the molecule is CCc1cc(-c2cn(CC)nc2C)ccc1N. The van der Waals surface area contributed by atoms with Crippen LogP contribution in [0.5, 0.6) is 0 Å². The predicted molar refractivity (Wildman–Crippen MR) is 71.9 cm³/mol. The quantitative estimate of drug-likeness (QED) is 0.822. The molecule has 3 heteroatoms. The molecule has 3 nitrogen and oxygen atoms in total. The van der Waals surface area contributed by atoms with Crippen molar-refractivity contribution in [2.24, 2.45) is 0 Å². The van der Waals surface area contributed by atoms with Gasteiger partial charge in [0.05, 0.1) is 5.69 Å². The Balaban J connectivity index is 2.48. The maximum Gasteiger partial charge on any atom is 0.0672 e. The van der Waals surface area contributed by atoms with Gasteiger partial charge in [-0.1, -0.05) is 13.0 Å². The second kappa shape index (κ2) is 4.62. The van der Waals surface area contributed by atoms with Gasteiger partial charge in [0.15, 0.2) is 0 Å². The van der Waals surface area contributed by atoms with Gasteiger partial charge in [0.1, 0.15) is 0 Å². The summed E-state index contributed by atoms with van der Waals surface area (Å²) in [5.41, 5.74) is 11.5. The van der Waals surface area contributed by atoms with Crippen LogP contribution in [0.25, 0.3) is 11.1 Å². The summed E-state index contributed by atoms with van der Waals surface area (Å²) in [5.74, 6) is 0. The van der Waals surface area contributed by atoms with Crippen molar-refractivity contribution < 1.29 is 0 Å². The second-order valence-electron chi connectivity index (χ2n) is 4.25. The van der Waals surface area contributed by atoms with E-state index in [1.165, 1.54) is 16.7 Å². The van der Waals surface area contributed by atoms with Crippen LogP contribution < -0.4 is 5.73 Å². The summed E-state index contributed by atoms with van der Waals surface area (Å²) in [5, 5.41) is 4.47. The molecule has 0 spiro atoms. The number of rotatable bonds is 3. The van der Waals surface area contributed by atoms with Crippen molar-refractivity contribution in [3.63, 3.8) is 0 Å². The number of nitrogens with two attached hydrogens (primary N) is 1. The molecule has 90 valence electrons. The van der Waals surface area contributed by atoms with Gasteiger partial charge in [-0.05, 0) is 43.5 Å². The minimum Gasteiger partial charge on any atom is -0.399 e. The molecule has 17 heavy (non-hydrogen) atoms. The third kappa shape index (κ3) is 2.18. The Bertz CT molecular complexity index is 526. The summed E-state index contributed by atoms with van der Waals surface area (Å²) in [6.45, 7) is 7.16. The molecule has 1 aromatic heterocycles. The van der Waals surface area contributed by atoms with E-state index in [1.54, 1.807) is 0 Å². The van der Waals surface area contributed by atoms with Crippen LogP contribution >= 0.6 is 0 Å². The van der Waals surface area contributed by atoms with Crippen LogP contribution in [0, 0.1) is 6.92 Å². The first-order valence-corrected chi connectivity index (χ1v) is 6.08. The fourth-order valence-corrected chi connectivity index (χ4v) is 2.04. The highest BCUT2D eigenvalue weighted by Crippen LogP contribution is 2.26. The van der Waals surface area contributed by atoms with Crippen molar-refractivity contribution in [2.75, 3.05) is 5.73 Å². The molecule has 0 amide bonds. The Morgan fingerprint density at radius 2 is 2.06 bits per heavy atom. The first kappa shape index (κ1) is 11.7. The Morgan fingerprint density at radius 3 is 2.65 bits per heavy atom. The van der Waals surface area contributed by atoms with Gasteiger partial charge in [0.25, 0.3) is 0 Å². The molecule has 1 heterocycles. The molecule has 2 rings (SSSR count). The van der Waals surface area contributed by atoms with E-state index >= 15 is 0 Å². The summed E-state index contributed by atoms with van der Waals surface area (Å²) >= 11 is 0. The molecule has 0 aliphatic carbocycles. The van der Waals surface area contributed by atoms with Gasteiger partial charge in [0.2, 0.25) is 0 Å². The summed E-state index contributed by atoms with van der Waals surface area (Å²) < 4.78 is 1.96. The van der Waals surface area contributed by atoms with Crippen molar-refractivity contribution in [3.8, 4) is 11.1 Å². The predicted octanol–water partition coefficient (Wildman–Crippen LogP) is 3.02. The van der Waals surface area contributed by atoms with Crippen molar-refractivity contribution in [2.45, 2.75) is 33.7 Å². The zero-order valence-corrected chi connectivity index (χ0v) is 10.7. The molecule has 0 fully saturated rings.